The Morgan fingerprint density at radius 1 is 1.35 bits per heavy atom. The quantitative estimate of drug-likeness (QED) is 0.627. The van der Waals surface area contributed by atoms with E-state index in [4.69, 9.17) is 9.47 Å². The molecule has 4 nitrogen and oxygen atoms in total. The predicted molar refractivity (Wildman–Crippen MR) is 70.4 cm³/mol. The lowest BCUT2D eigenvalue weighted by Crippen LogP contribution is -2.20. The van der Waals surface area contributed by atoms with Crippen molar-refractivity contribution in [2.24, 2.45) is 4.99 Å². The molecule has 1 aliphatic carbocycles. The summed E-state index contributed by atoms with van der Waals surface area (Å²) >= 11 is 0. The molecule has 0 aromatic heterocycles. The van der Waals surface area contributed by atoms with Gasteiger partial charge in [0.25, 0.3) is 0 Å². The van der Waals surface area contributed by atoms with E-state index in [1.807, 2.05) is 0 Å². The molecule has 0 bridgehead atoms. The van der Waals surface area contributed by atoms with Gasteiger partial charge in [-0.15, -0.1) is 0 Å². The average molecular weight is 277 g/mol. The zero-order valence-electron chi connectivity index (χ0n) is 11.3. The van der Waals surface area contributed by atoms with Crippen LogP contribution in [0.2, 0.25) is 0 Å². The number of ether oxygens (including phenoxy) is 2. The fourth-order valence-electron chi connectivity index (χ4n) is 3.10. The summed E-state index contributed by atoms with van der Waals surface area (Å²) in [5.41, 5.74) is 0.647. The fraction of sp³-hybridized carbons (Fsp3) is 0.533. The van der Waals surface area contributed by atoms with Gasteiger partial charge in [0.15, 0.2) is 11.5 Å². The molecule has 0 N–H and O–H groups in total. The molecule has 1 aliphatic heterocycles. The average Bonchev–Trinajstić information content (AvgIpc) is 3.06. The smallest absolute Gasteiger partial charge is 0.235 e. The summed E-state index contributed by atoms with van der Waals surface area (Å²) in [7, 11) is 0. The number of rotatable bonds is 3. The van der Waals surface area contributed by atoms with E-state index in [2.05, 4.69) is 4.99 Å². The van der Waals surface area contributed by atoms with Gasteiger partial charge in [-0.2, -0.15) is 4.99 Å². The highest BCUT2D eigenvalue weighted by Crippen LogP contribution is 2.50. The van der Waals surface area contributed by atoms with E-state index in [9.17, 15) is 9.18 Å². The normalized spacial score (nSPS) is 20.5. The monoisotopic (exact) mass is 277 g/mol. The number of alkyl halides is 1. The SMILES string of the molecule is CC(F)c1cc2c(c(C3(N=C=O)CCCC3)c1)OCO2. The van der Waals surface area contributed by atoms with E-state index in [0.29, 0.717) is 17.1 Å². The predicted octanol–water partition coefficient (Wildman–Crippen LogP) is 3.55. The van der Waals surface area contributed by atoms with Gasteiger partial charge in [0.1, 0.15) is 11.7 Å². The molecule has 0 radical (unpaired) electrons. The molecule has 2 aliphatic rings. The van der Waals surface area contributed by atoms with Gasteiger partial charge in [-0.1, -0.05) is 12.8 Å². The summed E-state index contributed by atoms with van der Waals surface area (Å²) in [6.07, 6.45) is 4.03. The third-order valence-corrected chi connectivity index (χ3v) is 4.15. The number of halogens is 1. The van der Waals surface area contributed by atoms with Crippen molar-refractivity contribution in [2.45, 2.75) is 44.3 Å². The molecule has 1 aromatic rings. The Kier molecular flexibility index (Phi) is 3.22. The molecular weight excluding hydrogens is 261 g/mol. The third kappa shape index (κ3) is 1.98. The van der Waals surface area contributed by atoms with Crippen molar-refractivity contribution in [1.82, 2.24) is 0 Å². The lowest BCUT2D eigenvalue weighted by atomic mass is 9.86. The summed E-state index contributed by atoms with van der Waals surface area (Å²) in [4.78, 5) is 14.9. The molecule has 1 atom stereocenters. The molecule has 1 saturated carbocycles. The van der Waals surface area contributed by atoms with Crippen LogP contribution in [0.5, 0.6) is 11.5 Å². The number of carbonyl (C=O) groups excluding carboxylic acids is 1. The second kappa shape index (κ2) is 4.91. The zero-order chi connectivity index (χ0) is 14.2. The van der Waals surface area contributed by atoms with E-state index in [1.54, 1.807) is 18.2 Å². The van der Waals surface area contributed by atoms with Crippen LogP contribution in [0.4, 0.5) is 4.39 Å². The first kappa shape index (κ1) is 13.1. The number of hydrogen-bond donors (Lipinski definition) is 0. The van der Waals surface area contributed by atoms with Crippen molar-refractivity contribution in [2.75, 3.05) is 6.79 Å². The first-order valence-corrected chi connectivity index (χ1v) is 6.83. The molecule has 0 amide bonds. The van der Waals surface area contributed by atoms with Crippen LogP contribution in [0, 0.1) is 0 Å². The molecule has 1 heterocycles. The fourth-order valence-corrected chi connectivity index (χ4v) is 3.10. The zero-order valence-corrected chi connectivity index (χ0v) is 11.3. The number of hydrogen-bond acceptors (Lipinski definition) is 4. The van der Waals surface area contributed by atoms with Crippen molar-refractivity contribution >= 4 is 6.08 Å². The Morgan fingerprint density at radius 2 is 2.10 bits per heavy atom. The first-order valence-electron chi connectivity index (χ1n) is 6.83. The molecule has 1 fully saturated rings. The van der Waals surface area contributed by atoms with Crippen LogP contribution >= 0.6 is 0 Å². The van der Waals surface area contributed by atoms with Gasteiger partial charge >= 0.3 is 0 Å². The number of aliphatic imine (C=N–C) groups is 1. The molecule has 0 saturated heterocycles. The van der Waals surface area contributed by atoms with Crippen LogP contribution < -0.4 is 9.47 Å². The van der Waals surface area contributed by atoms with Crippen LogP contribution in [0.1, 0.15) is 49.9 Å². The van der Waals surface area contributed by atoms with Gasteiger partial charge in [-0.25, -0.2) is 9.18 Å². The molecule has 20 heavy (non-hydrogen) atoms. The van der Waals surface area contributed by atoms with E-state index >= 15 is 0 Å². The maximum absolute atomic E-state index is 13.7. The Labute approximate surface area is 116 Å². The first-order chi connectivity index (χ1) is 9.66. The van der Waals surface area contributed by atoms with Gasteiger partial charge in [0.05, 0.1) is 0 Å². The minimum atomic E-state index is -1.11. The van der Waals surface area contributed by atoms with Crippen LogP contribution in [-0.4, -0.2) is 12.9 Å². The molecule has 5 heteroatoms. The van der Waals surface area contributed by atoms with Crippen LogP contribution in [0.3, 0.4) is 0 Å². The summed E-state index contributed by atoms with van der Waals surface area (Å²) in [5.74, 6) is 1.13. The van der Waals surface area contributed by atoms with Crippen LogP contribution in [-0.2, 0) is 10.3 Å². The second-order valence-corrected chi connectivity index (χ2v) is 5.36. The number of fused-ring (bicyclic) bond motifs is 1. The van der Waals surface area contributed by atoms with Crippen LogP contribution in [0.15, 0.2) is 17.1 Å². The molecule has 3 rings (SSSR count). The Hall–Kier alpha value is -1.87. The Morgan fingerprint density at radius 3 is 2.75 bits per heavy atom. The van der Waals surface area contributed by atoms with Gasteiger partial charge in [-0.3, -0.25) is 0 Å². The van der Waals surface area contributed by atoms with E-state index in [-0.39, 0.29) is 6.79 Å². The molecule has 0 spiro atoms. The Bertz CT molecular complexity index is 573. The minimum absolute atomic E-state index is 0.118. The lowest BCUT2D eigenvalue weighted by Gasteiger charge is -2.25. The lowest BCUT2D eigenvalue weighted by molar-refractivity contribution is 0.172. The van der Waals surface area contributed by atoms with Crippen molar-refractivity contribution in [3.8, 4) is 11.5 Å². The Balaban J connectivity index is 2.19. The summed E-state index contributed by atoms with van der Waals surface area (Å²) in [5, 5.41) is 0. The van der Waals surface area contributed by atoms with E-state index in [0.717, 1.165) is 31.2 Å². The summed E-state index contributed by atoms with van der Waals surface area (Å²) in [6, 6.07) is 3.41. The summed E-state index contributed by atoms with van der Waals surface area (Å²) < 4.78 is 24.6. The standard InChI is InChI=1S/C15H16FNO3/c1-10(16)11-6-12(14-13(7-11)19-9-20-14)15(17-8-18)4-2-3-5-15/h6-7,10H,2-5,9H2,1H3. The van der Waals surface area contributed by atoms with Gasteiger partial charge in [-0.05, 0) is 37.5 Å². The summed E-state index contributed by atoms with van der Waals surface area (Å²) in [6.45, 7) is 1.60. The molecule has 1 unspecified atom stereocenters. The van der Waals surface area contributed by atoms with E-state index in [1.165, 1.54) is 6.92 Å². The maximum Gasteiger partial charge on any atom is 0.235 e. The highest BCUT2D eigenvalue weighted by Gasteiger charge is 2.40. The van der Waals surface area contributed by atoms with Gasteiger partial charge < -0.3 is 9.47 Å². The maximum atomic E-state index is 13.7. The van der Waals surface area contributed by atoms with Crippen molar-refractivity contribution in [1.29, 1.82) is 0 Å². The molecule has 106 valence electrons. The van der Waals surface area contributed by atoms with E-state index < -0.39 is 11.7 Å². The number of isocyanates is 1. The van der Waals surface area contributed by atoms with Crippen molar-refractivity contribution in [3.05, 3.63) is 23.3 Å². The highest BCUT2D eigenvalue weighted by molar-refractivity contribution is 5.55. The molecular formula is C15H16FNO3. The number of nitrogens with zero attached hydrogens (tertiary/aromatic N) is 1. The van der Waals surface area contributed by atoms with Crippen molar-refractivity contribution in [3.63, 3.8) is 0 Å². The highest BCUT2D eigenvalue weighted by atomic mass is 19.1. The van der Waals surface area contributed by atoms with Gasteiger partial charge in [0, 0.05) is 5.56 Å². The van der Waals surface area contributed by atoms with Crippen molar-refractivity contribution < 1.29 is 18.7 Å². The number of benzene rings is 1. The topological polar surface area (TPSA) is 47.9 Å². The minimum Gasteiger partial charge on any atom is -0.454 e. The second-order valence-electron chi connectivity index (χ2n) is 5.36. The third-order valence-electron chi connectivity index (χ3n) is 4.15. The largest absolute Gasteiger partial charge is 0.454 e. The van der Waals surface area contributed by atoms with Crippen LogP contribution in [0.25, 0.3) is 0 Å². The van der Waals surface area contributed by atoms with Gasteiger partial charge in [0.2, 0.25) is 12.9 Å². The molecule has 1 aromatic carbocycles.